The van der Waals surface area contributed by atoms with Gasteiger partial charge in [0.05, 0.1) is 6.10 Å². The second-order valence-corrected chi connectivity index (χ2v) is 5.22. The van der Waals surface area contributed by atoms with Crippen LogP contribution in [0.15, 0.2) is 42.5 Å². The standard InChI is InChI=1S/C17H19FN2O2/c1-11-3-8-15(12(2)9-11)20-17(22)19-10-16(21)13-4-6-14(18)7-5-13/h3-9,16,21H,10H2,1-2H3,(H2,19,20,22)/t16-/m0/s1. The van der Waals surface area contributed by atoms with Crippen molar-refractivity contribution in [2.45, 2.75) is 20.0 Å². The summed E-state index contributed by atoms with van der Waals surface area (Å²) in [7, 11) is 0. The second-order valence-electron chi connectivity index (χ2n) is 5.22. The van der Waals surface area contributed by atoms with Crippen molar-refractivity contribution in [1.29, 1.82) is 0 Å². The van der Waals surface area contributed by atoms with Gasteiger partial charge in [0, 0.05) is 12.2 Å². The van der Waals surface area contributed by atoms with Gasteiger partial charge in [0.15, 0.2) is 0 Å². The number of carbonyl (C=O) groups is 1. The molecule has 0 aliphatic heterocycles. The SMILES string of the molecule is Cc1ccc(NC(=O)NC[C@H](O)c2ccc(F)cc2)c(C)c1. The summed E-state index contributed by atoms with van der Waals surface area (Å²) in [6.07, 6.45) is -0.884. The first-order chi connectivity index (χ1) is 10.5. The van der Waals surface area contributed by atoms with Crippen LogP contribution in [-0.2, 0) is 0 Å². The van der Waals surface area contributed by atoms with Gasteiger partial charge >= 0.3 is 6.03 Å². The van der Waals surface area contributed by atoms with Crippen molar-refractivity contribution < 1.29 is 14.3 Å². The number of carbonyl (C=O) groups excluding carboxylic acids is 1. The van der Waals surface area contributed by atoms with E-state index in [1.807, 2.05) is 32.0 Å². The molecule has 0 heterocycles. The minimum Gasteiger partial charge on any atom is -0.387 e. The van der Waals surface area contributed by atoms with Gasteiger partial charge in [-0.05, 0) is 43.2 Å². The van der Waals surface area contributed by atoms with Crippen LogP contribution in [0, 0.1) is 19.7 Å². The van der Waals surface area contributed by atoms with Gasteiger partial charge in [-0.1, -0.05) is 29.8 Å². The van der Waals surface area contributed by atoms with E-state index in [4.69, 9.17) is 0 Å². The molecule has 0 unspecified atom stereocenters. The molecule has 0 radical (unpaired) electrons. The van der Waals surface area contributed by atoms with Crippen LogP contribution in [0.5, 0.6) is 0 Å². The van der Waals surface area contributed by atoms with Crippen LogP contribution in [0.1, 0.15) is 22.8 Å². The van der Waals surface area contributed by atoms with E-state index in [1.165, 1.54) is 24.3 Å². The number of hydrogen-bond donors (Lipinski definition) is 3. The maximum Gasteiger partial charge on any atom is 0.319 e. The number of aliphatic hydroxyl groups excluding tert-OH is 1. The molecular weight excluding hydrogens is 283 g/mol. The van der Waals surface area contributed by atoms with Crippen molar-refractivity contribution in [2.24, 2.45) is 0 Å². The molecule has 0 saturated carbocycles. The number of halogens is 1. The molecule has 2 amide bonds. The Morgan fingerprint density at radius 3 is 2.50 bits per heavy atom. The minimum absolute atomic E-state index is 0.0440. The molecule has 0 aromatic heterocycles. The van der Waals surface area contributed by atoms with Crippen molar-refractivity contribution in [3.05, 3.63) is 65.0 Å². The Bertz CT molecular complexity index is 656. The van der Waals surface area contributed by atoms with Gasteiger partial charge in [-0.2, -0.15) is 0 Å². The highest BCUT2D eigenvalue weighted by Crippen LogP contribution is 2.16. The number of urea groups is 1. The first-order valence-corrected chi connectivity index (χ1v) is 7.01. The monoisotopic (exact) mass is 302 g/mol. The van der Waals surface area contributed by atoms with Crippen LogP contribution < -0.4 is 10.6 Å². The summed E-state index contributed by atoms with van der Waals surface area (Å²) in [5, 5.41) is 15.3. The molecule has 0 spiro atoms. The topological polar surface area (TPSA) is 61.4 Å². The average molecular weight is 302 g/mol. The van der Waals surface area contributed by atoms with Gasteiger partial charge in [-0.25, -0.2) is 9.18 Å². The molecule has 4 nitrogen and oxygen atoms in total. The zero-order valence-electron chi connectivity index (χ0n) is 12.6. The molecule has 0 saturated heterocycles. The molecule has 5 heteroatoms. The Morgan fingerprint density at radius 2 is 1.86 bits per heavy atom. The lowest BCUT2D eigenvalue weighted by molar-refractivity contribution is 0.175. The highest BCUT2D eigenvalue weighted by molar-refractivity contribution is 5.90. The summed E-state index contributed by atoms with van der Waals surface area (Å²) in [5.74, 6) is -0.364. The van der Waals surface area contributed by atoms with Crippen molar-refractivity contribution in [1.82, 2.24) is 5.32 Å². The highest BCUT2D eigenvalue weighted by atomic mass is 19.1. The Hall–Kier alpha value is -2.40. The van der Waals surface area contributed by atoms with E-state index in [9.17, 15) is 14.3 Å². The maximum atomic E-state index is 12.8. The Morgan fingerprint density at radius 1 is 1.18 bits per heavy atom. The fraction of sp³-hybridized carbons (Fsp3) is 0.235. The molecule has 0 bridgehead atoms. The van der Waals surface area contributed by atoms with Gasteiger partial charge in [-0.3, -0.25) is 0 Å². The van der Waals surface area contributed by atoms with E-state index >= 15 is 0 Å². The lowest BCUT2D eigenvalue weighted by Gasteiger charge is -2.14. The third-order valence-corrected chi connectivity index (χ3v) is 3.34. The number of aliphatic hydroxyl groups is 1. The number of aryl methyl sites for hydroxylation is 2. The summed E-state index contributed by atoms with van der Waals surface area (Å²) >= 11 is 0. The molecule has 1 atom stereocenters. The van der Waals surface area contributed by atoms with Crippen LogP contribution in [0.25, 0.3) is 0 Å². The highest BCUT2D eigenvalue weighted by Gasteiger charge is 2.10. The van der Waals surface area contributed by atoms with Crippen molar-refractivity contribution in [2.75, 3.05) is 11.9 Å². The molecule has 116 valence electrons. The Kier molecular flexibility index (Phi) is 5.12. The van der Waals surface area contributed by atoms with E-state index in [0.29, 0.717) is 5.56 Å². The van der Waals surface area contributed by atoms with Crippen LogP contribution in [0.4, 0.5) is 14.9 Å². The van der Waals surface area contributed by atoms with E-state index in [1.54, 1.807) is 0 Å². The minimum atomic E-state index is -0.884. The van der Waals surface area contributed by atoms with Crippen molar-refractivity contribution >= 4 is 11.7 Å². The fourth-order valence-electron chi connectivity index (χ4n) is 2.11. The third-order valence-electron chi connectivity index (χ3n) is 3.34. The Labute approximate surface area is 129 Å². The smallest absolute Gasteiger partial charge is 0.319 e. The zero-order valence-corrected chi connectivity index (χ0v) is 12.6. The summed E-state index contributed by atoms with van der Waals surface area (Å²) in [6.45, 7) is 3.94. The second kappa shape index (κ2) is 7.04. The van der Waals surface area contributed by atoms with Gasteiger partial charge in [-0.15, -0.1) is 0 Å². The summed E-state index contributed by atoms with van der Waals surface area (Å²) in [5.41, 5.74) is 3.36. The first-order valence-electron chi connectivity index (χ1n) is 7.01. The van der Waals surface area contributed by atoms with E-state index in [2.05, 4.69) is 10.6 Å². The normalized spacial score (nSPS) is 11.8. The average Bonchev–Trinajstić information content (AvgIpc) is 2.48. The van der Waals surface area contributed by atoms with Crippen LogP contribution in [0.2, 0.25) is 0 Å². The molecule has 22 heavy (non-hydrogen) atoms. The molecule has 2 aromatic carbocycles. The number of nitrogens with one attached hydrogen (secondary N) is 2. The van der Waals surface area contributed by atoms with Crippen LogP contribution in [0.3, 0.4) is 0 Å². The van der Waals surface area contributed by atoms with E-state index < -0.39 is 12.1 Å². The van der Waals surface area contributed by atoms with Crippen LogP contribution >= 0.6 is 0 Å². The van der Waals surface area contributed by atoms with Crippen LogP contribution in [-0.4, -0.2) is 17.7 Å². The van der Waals surface area contributed by atoms with E-state index in [-0.39, 0.29) is 12.4 Å². The molecular formula is C17H19FN2O2. The maximum absolute atomic E-state index is 12.8. The molecule has 2 rings (SSSR count). The Balaban J connectivity index is 1.88. The van der Waals surface area contributed by atoms with Gasteiger partial charge < -0.3 is 15.7 Å². The number of amides is 2. The number of benzene rings is 2. The third kappa shape index (κ3) is 4.30. The van der Waals surface area contributed by atoms with Gasteiger partial charge in [0.1, 0.15) is 5.82 Å². The summed E-state index contributed by atoms with van der Waals surface area (Å²) in [4.78, 5) is 11.8. The molecule has 0 aliphatic carbocycles. The zero-order chi connectivity index (χ0) is 16.1. The number of anilines is 1. The number of hydrogen-bond acceptors (Lipinski definition) is 2. The van der Waals surface area contributed by atoms with Crippen molar-refractivity contribution in [3.8, 4) is 0 Å². The van der Waals surface area contributed by atoms with Gasteiger partial charge in [0.25, 0.3) is 0 Å². The largest absolute Gasteiger partial charge is 0.387 e. The predicted molar refractivity (Wildman–Crippen MR) is 84.3 cm³/mol. The lowest BCUT2D eigenvalue weighted by atomic mass is 10.1. The fourth-order valence-corrected chi connectivity index (χ4v) is 2.11. The molecule has 0 fully saturated rings. The number of rotatable bonds is 4. The molecule has 0 aliphatic rings. The van der Waals surface area contributed by atoms with E-state index in [0.717, 1.165) is 16.8 Å². The quantitative estimate of drug-likeness (QED) is 0.811. The molecule has 3 N–H and O–H groups in total. The first kappa shape index (κ1) is 16.0. The predicted octanol–water partition coefficient (Wildman–Crippen LogP) is 3.30. The van der Waals surface area contributed by atoms with Crippen molar-refractivity contribution in [3.63, 3.8) is 0 Å². The molecule has 2 aromatic rings. The summed E-state index contributed by atoms with van der Waals surface area (Å²) < 4.78 is 12.8. The summed E-state index contributed by atoms with van der Waals surface area (Å²) in [6, 6.07) is 10.9. The lowest BCUT2D eigenvalue weighted by Crippen LogP contribution is -2.32. The van der Waals surface area contributed by atoms with Gasteiger partial charge in [0.2, 0.25) is 0 Å².